The molecule has 7 heteroatoms. The van der Waals surface area contributed by atoms with Gasteiger partial charge in [-0.15, -0.1) is 0 Å². The molecule has 0 atom stereocenters. The summed E-state index contributed by atoms with van der Waals surface area (Å²) >= 11 is 0. The number of rotatable bonds is 6. The van der Waals surface area contributed by atoms with E-state index in [4.69, 9.17) is 5.73 Å². The summed E-state index contributed by atoms with van der Waals surface area (Å²) in [5.41, 5.74) is 13.3. The first-order valence-electron chi connectivity index (χ1n) is 9.89. The summed E-state index contributed by atoms with van der Waals surface area (Å²) in [5.74, 6) is -0.726. The van der Waals surface area contributed by atoms with E-state index >= 15 is 0 Å². The Hall–Kier alpha value is -4.13. The second kappa shape index (κ2) is 8.31. The zero-order chi connectivity index (χ0) is 22.0. The molecule has 2 amide bonds. The number of para-hydroxylation sites is 1. The number of aryl methyl sites for hydroxylation is 2. The van der Waals surface area contributed by atoms with Crippen molar-refractivity contribution in [3.8, 4) is 5.69 Å². The Morgan fingerprint density at radius 3 is 2.35 bits per heavy atom. The van der Waals surface area contributed by atoms with Crippen LogP contribution in [0.15, 0.2) is 72.0 Å². The van der Waals surface area contributed by atoms with Crippen molar-refractivity contribution in [1.29, 1.82) is 0 Å². The largest absolute Gasteiger partial charge is 0.368 e. The number of fused-ring (bicyclic) bond motifs is 1. The van der Waals surface area contributed by atoms with Crippen LogP contribution in [0.25, 0.3) is 16.6 Å². The molecule has 31 heavy (non-hydrogen) atoms. The van der Waals surface area contributed by atoms with Gasteiger partial charge in [-0.25, -0.2) is 5.43 Å². The minimum atomic E-state index is -0.425. The molecule has 0 bridgehead atoms. The Kier molecular flexibility index (Phi) is 5.41. The predicted molar refractivity (Wildman–Crippen MR) is 121 cm³/mol. The Balaban J connectivity index is 1.49. The number of nitrogens with zero attached hydrogens (tertiary/aromatic N) is 3. The fourth-order valence-electron chi connectivity index (χ4n) is 3.74. The van der Waals surface area contributed by atoms with Crippen LogP contribution in [0.1, 0.15) is 27.3 Å². The normalized spacial score (nSPS) is 11.3. The summed E-state index contributed by atoms with van der Waals surface area (Å²) in [6, 6.07) is 19.1. The van der Waals surface area contributed by atoms with Gasteiger partial charge in [0.1, 0.15) is 6.54 Å². The Morgan fingerprint density at radius 1 is 1.00 bits per heavy atom. The lowest BCUT2D eigenvalue weighted by Gasteiger charge is -2.10. The number of amides is 2. The number of nitrogens with one attached hydrogen (secondary N) is 1. The molecule has 0 aliphatic rings. The van der Waals surface area contributed by atoms with Crippen molar-refractivity contribution < 1.29 is 9.59 Å². The highest BCUT2D eigenvalue weighted by Gasteiger charge is 2.10. The fourth-order valence-corrected chi connectivity index (χ4v) is 3.74. The molecule has 156 valence electrons. The highest BCUT2D eigenvalue weighted by Crippen LogP contribution is 2.20. The molecule has 0 aliphatic heterocycles. The van der Waals surface area contributed by atoms with Gasteiger partial charge in [0.15, 0.2) is 0 Å². The highest BCUT2D eigenvalue weighted by molar-refractivity contribution is 6.01. The van der Waals surface area contributed by atoms with E-state index in [1.807, 2.05) is 50.2 Å². The van der Waals surface area contributed by atoms with Crippen LogP contribution >= 0.6 is 0 Å². The van der Waals surface area contributed by atoms with Crippen molar-refractivity contribution in [2.24, 2.45) is 10.8 Å². The van der Waals surface area contributed by atoms with Gasteiger partial charge in [0.05, 0.1) is 6.21 Å². The molecule has 0 unspecified atom stereocenters. The topological polar surface area (TPSA) is 94.4 Å². The minimum absolute atomic E-state index is 0.0768. The zero-order valence-corrected chi connectivity index (χ0v) is 17.4. The number of hydrogen-bond donors (Lipinski definition) is 2. The van der Waals surface area contributed by atoms with Crippen molar-refractivity contribution in [1.82, 2.24) is 14.6 Å². The molecule has 2 aromatic heterocycles. The number of nitrogens with two attached hydrogens (primary N) is 1. The molecule has 0 radical (unpaired) electrons. The standard InChI is InChI=1S/C24H23N5O2/c1-16-7-8-17(2)29(16)20-11-9-18(10-12-20)24(31)27-26-13-19-14-28(15-23(25)30)22-6-4-3-5-21(19)22/h3-14H,15H2,1-2H3,(H2,25,30)(H,27,31)/b26-13-. The number of carbonyl (C=O) groups is 2. The molecule has 4 aromatic rings. The van der Waals surface area contributed by atoms with Gasteiger partial charge < -0.3 is 14.9 Å². The summed E-state index contributed by atoms with van der Waals surface area (Å²) in [5, 5.41) is 5.02. The maximum Gasteiger partial charge on any atom is 0.271 e. The van der Waals surface area contributed by atoms with E-state index < -0.39 is 5.91 Å². The molecule has 0 saturated carbocycles. The quantitative estimate of drug-likeness (QED) is 0.375. The van der Waals surface area contributed by atoms with Crippen molar-refractivity contribution in [3.05, 3.63) is 89.4 Å². The van der Waals surface area contributed by atoms with Crippen molar-refractivity contribution in [2.45, 2.75) is 20.4 Å². The SMILES string of the molecule is Cc1ccc(C)n1-c1ccc(C(=O)N/N=C\c2cn(CC(N)=O)c3ccccc23)cc1. The third-order valence-corrected chi connectivity index (χ3v) is 5.17. The molecule has 3 N–H and O–H groups in total. The first kappa shape index (κ1) is 20.2. The van der Waals surface area contributed by atoms with E-state index in [-0.39, 0.29) is 12.5 Å². The van der Waals surface area contributed by atoms with Crippen LogP contribution in [0.3, 0.4) is 0 Å². The van der Waals surface area contributed by atoms with Gasteiger partial charge in [-0.05, 0) is 56.3 Å². The van der Waals surface area contributed by atoms with Crippen LogP contribution in [0.4, 0.5) is 0 Å². The second-order valence-electron chi connectivity index (χ2n) is 7.39. The number of hydrogen-bond acceptors (Lipinski definition) is 3. The van der Waals surface area contributed by atoms with Gasteiger partial charge in [0, 0.05) is 45.3 Å². The third kappa shape index (κ3) is 4.11. The minimum Gasteiger partial charge on any atom is -0.368 e. The molecule has 7 nitrogen and oxygen atoms in total. The average Bonchev–Trinajstić information content (AvgIpc) is 3.27. The van der Waals surface area contributed by atoms with Crippen LogP contribution in [0, 0.1) is 13.8 Å². The lowest BCUT2D eigenvalue weighted by atomic mass is 10.2. The van der Waals surface area contributed by atoms with Gasteiger partial charge in [0.2, 0.25) is 5.91 Å². The maximum atomic E-state index is 12.5. The monoisotopic (exact) mass is 413 g/mol. The van der Waals surface area contributed by atoms with Crippen molar-refractivity contribution >= 4 is 28.9 Å². The van der Waals surface area contributed by atoms with Crippen LogP contribution < -0.4 is 11.2 Å². The van der Waals surface area contributed by atoms with E-state index in [0.717, 1.165) is 33.5 Å². The first-order valence-corrected chi connectivity index (χ1v) is 9.89. The van der Waals surface area contributed by atoms with E-state index in [1.165, 1.54) is 0 Å². The summed E-state index contributed by atoms with van der Waals surface area (Å²) in [4.78, 5) is 23.8. The first-order chi connectivity index (χ1) is 14.9. The molecule has 0 aliphatic carbocycles. The van der Waals surface area contributed by atoms with Crippen molar-refractivity contribution in [2.75, 3.05) is 0 Å². The summed E-state index contributed by atoms with van der Waals surface area (Å²) in [6.45, 7) is 4.17. The van der Waals surface area contributed by atoms with Gasteiger partial charge in [-0.1, -0.05) is 18.2 Å². The van der Waals surface area contributed by atoms with Gasteiger partial charge in [-0.2, -0.15) is 5.10 Å². The fraction of sp³-hybridized carbons (Fsp3) is 0.125. The molecule has 4 rings (SSSR count). The number of aromatic nitrogens is 2. The number of carbonyl (C=O) groups excluding carboxylic acids is 2. The molecule has 0 saturated heterocycles. The molecular weight excluding hydrogens is 390 g/mol. The summed E-state index contributed by atoms with van der Waals surface area (Å²) in [6.07, 6.45) is 3.36. The van der Waals surface area contributed by atoms with Gasteiger partial charge in [0.25, 0.3) is 5.91 Å². The number of benzene rings is 2. The Bertz CT molecular complexity index is 1280. The van der Waals surface area contributed by atoms with Crippen molar-refractivity contribution in [3.63, 3.8) is 0 Å². The Labute approximate surface area is 179 Å². The van der Waals surface area contributed by atoms with Gasteiger partial charge in [-0.3, -0.25) is 9.59 Å². The lowest BCUT2D eigenvalue weighted by Crippen LogP contribution is -2.18. The molecule has 0 fully saturated rings. The maximum absolute atomic E-state index is 12.5. The van der Waals surface area contributed by atoms with E-state index in [1.54, 1.807) is 29.1 Å². The molecule has 2 heterocycles. The predicted octanol–water partition coefficient (Wildman–Crippen LogP) is 3.30. The lowest BCUT2D eigenvalue weighted by molar-refractivity contribution is -0.118. The van der Waals surface area contributed by atoms with Crippen LogP contribution in [-0.4, -0.2) is 27.2 Å². The second-order valence-corrected chi connectivity index (χ2v) is 7.39. The van der Waals surface area contributed by atoms with Crippen LogP contribution in [-0.2, 0) is 11.3 Å². The van der Waals surface area contributed by atoms with Crippen LogP contribution in [0.5, 0.6) is 0 Å². The summed E-state index contributed by atoms with van der Waals surface area (Å²) < 4.78 is 3.90. The van der Waals surface area contributed by atoms with E-state index in [2.05, 4.69) is 27.2 Å². The average molecular weight is 413 g/mol. The number of hydrazone groups is 1. The summed E-state index contributed by atoms with van der Waals surface area (Å²) in [7, 11) is 0. The third-order valence-electron chi connectivity index (χ3n) is 5.17. The molecule has 2 aromatic carbocycles. The Morgan fingerprint density at radius 2 is 1.68 bits per heavy atom. The van der Waals surface area contributed by atoms with E-state index in [9.17, 15) is 9.59 Å². The highest BCUT2D eigenvalue weighted by atomic mass is 16.2. The van der Waals surface area contributed by atoms with Gasteiger partial charge >= 0.3 is 0 Å². The number of primary amides is 1. The molecule has 0 spiro atoms. The van der Waals surface area contributed by atoms with Crippen LogP contribution in [0.2, 0.25) is 0 Å². The molecular formula is C24H23N5O2. The zero-order valence-electron chi connectivity index (χ0n) is 17.4. The van der Waals surface area contributed by atoms with E-state index in [0.29, 0.717) is 5.56 Å². The smallest absolute Gasteiger partial charge is 0.271 e.